The Hall–Kier alpha value is -2.60. The van der Waals surface area contributed by atoms with E-state index in [9.17, 15) is 0 Å². The molecular weight excluding hydrogens is 320 g/mol. The molecule has 24 heavy (non-hydrogen) atoms. The van der Waals surface area contributed by atoms with Crippen molar-refractivity contribution in [2.24, 2.45) is 0 Å². The van der Waals surface area contributed by atoms with Crippen LogP contribution in [0.3, 0.4) is 0 Å². The molecule has 0 aliphatic rings. The number of aromatic amines is 1. The maximum atomic E-state index is 5.43. The second kappa shape index (κ2) is 6.88. The molecule has 0 aliphatic heterocycles. The average molecular weight is 340 g/mol. The maximum Gasteiger partial charge on any atom is 0.199 e. The smallest absolute Gasteiger partial charge is 0.199 e. The SMILES string of the molecule is COc1cccc(NCc2n[nH]c(=S)n2-c2cc(C)ccc2C)c1. The molecule has 0 radical (unpaired) electrons. The van der Waals surface area contributed by atoms with Crippen LogP contribution in [0.25, 0.3) is 5.69 Å². The van der Waals surface area contributed by atoms with Gasteiger partial charge in [-0.1, -0.05) is 18.2 Å². The lowest BCUT2D eigenvalue weighted by molar-refractivity contribution is 0.415. The van der Waals surface area contributed by atoms with Crippen LogP contribution in [0.5, 0.6) is 5.75 Å². The predicted octanol–water partition coefficient (Wildman–Crippen LogP) is 4.17. The van der Waals surface area contributed by atoms with Gasteiger partial charge in [-0.3, -0.25) is 9.67 Å². The number of hydrogen-bond donors (Lipinski definition) is 2. The van der Waals surface area contributed by atoms with E-state index in [0.717, 1.165) is 28.5 Å². The van der Waals surface area contributed by atoms with Gasteiger partial charge in [0.05, 0.1) is 19.3 Å². The molecule has 0 saturated heterocycles. The number of anilines is 1. The molecule has 0 saturated carbocycles. The number of ether oxygens (including phenoxy) is 1. The van der Waals surface area contributed by atoms with Crippen molar-refractivity contribution >= 4 is 17.9 Å². The molecule has 0 atom stereocenters. The van der Waals surface area contributed by atoms with Crippen LogP contribution in [0, 0.1) is 18.6 Å². The van der Waals surface area contributed by atoms with Crippen molar-refractivity contribution in [3.05, 3.63) is 64.2 Å². The molecule has 6 heteroatoms. The van der Waals surface area contributed by atoms with Gasteiger partial charge in [0.15, 0.2) is 10.6 Å². The van der Waals surface area contributed by atoms with E-state index in [4.69, 9.17) is 17.0 Å². The summed E-state index contributed by atoms with van der Waals surface area (Å²) in [6.07, 6.45) is 0. The van der Waals surface area contributed by atoms with E-state index < -0.39 is 0 Å². The molecule has 2 N–H and O–H groups in total. The Morgan fingerprint density at radius 2 is 2.04 bits per heavy atom. The summed E-state index contributed by atoms with van der Waals surface area (Å²) >= 11 is 5.43. The Kier molecular flexibility index (Phi) is 4.66. The molecule has 0 fully saturated rings. The monoisotopic (exact) mass is 340 g/mol. The summed E-state index contributed by atoms with van der Waals surface area (Å²) in [5.74, 6) is 1.64. The molecule has 0 unspecified atom stereocenters. The average Bonchev–Trinajstić information content (AvgIpc) is 2.96. The first-order valence-corrected chi connectivity index (χ1v) is 8.11. The summed E-state index contributed by atoms with van der Waals surface area (Å²) in [7, 11) is 1.66. The van der Waals surface area contributed by atoms with Crippen molar-refractivity contribution in [1.82, 2.24) is 14.8 Å². The van der Waals surface area contributed by atoms with Gasteiger partial charge in [-0.2, -0.15) is 5.10 Å². The molecule has 0 spiro atoms. The number of H-pyrrole nitrogens is 1. The van der Waals surface area contributed by atoms with Crippen LogP contribution >= 0.6 is 12.2 Å². The fraction of sp³-hybridized carbons (Fsp3) is 0.222. The second-order valence-electron chi connectivity index (χ2n) is 5.66. The highest BCUT2D eigenvalue weighted by molar-refractivity contribution is 7.71. The van der Waals surface area contributed by atoms with Crippen molar-refractivity contribution in [2.75, 3.05) is 12.4 Å². The Morgan fingerprint density at radius 1 is 1.21 bits per heavy atom. The molecular formula is C18H20N4OS. The molecule has 2 aromatic carbocycles. The van der Waals surface area contributed by atoms with Crippen molar-refractivity contribution in [3.8, 4) is 11.4 Å². The first-order chi connectivity index (χ1) is 11.6. The van der Waals surface area contributed by atoms with Crippen LogP contribution in [0.2, 0.25) is 0 Å². The standard InChI is InChI=1S/C18H20N4OS/c1-12-7-8-13(2)16(9-12)22-17(20-21-18(22)24)11-19-14-5-4-6-15(10-14)23-3/h4-10,19H,11H2,1-3H3,(H,21,24). The van der Waals surface area contributed by atoms with Gasteiger partial charge in [-0.25, -0.2) is 0 Å². The van der Waals surface area contributed by atoms with Crippen LogP contribution in [-0.4, -0.2) is 21.9 Å². The molecule has 3 rings (SSSR count). The zero-order valence-corrected chi connectivity index (χ0v) is 14.8. The van der Waals surface area contributed by atoms with Crippen LogP contribution < -0.4 is 10.1 Å². The Balaban J connectivity index is 1.90. The minimum Gasteiger partial charge on any atom is -0.497 e. The summed E-state index contributed by atoms with van der Waals surface area (Å²) in [5.41, 5.74) is 4.36. The summed E-state index contributed by atoms with van der Waals surface area (Å²) in [4.78, 5) is 0. The van der Waals surface area contributed by atoms with Gasteiger partial charge in [0.2, 0.25) is 0 Å². The third-order valence-corrected chi connectivity index (χ3v) is 4.14. The highest BCUT2D eigenvalue weighted by atomic mass is 32.1. The van der Waals surface area contributed by atoms with Gasteiger partial charge >= 0.3 is 0 Å². The fourth-order valence-electron chi connectivity index (χ4n) is 2.57. The first kappa shape index (κ1) is 16.3. The molecule has 5 nitrogen and oxygen atoms in total. The van der Waals surface area contributed by atoms with Crippen LogP contribution in [0.1, 0.15) is 17.0 Å². The third kappa shape index (κ3) is 3.33. The number of nitrogens with zero attached hydrogens (tertiary/aromatic N) is 2. The quantitative estimate of drug-likeness (QED) is 0.685. The van der Waals surface area contributed by atoms with E-state index in [2.05, 4.69) is 47.6 Å². The number of hydrogen-bond acceptors (Lipinski definition) is 4. The third-order valence-electron chi connectivity index (χ3n) is 3.87. The van der Waals surface area contributed by atoms with Crippen LogP contribution in [0.15, 0.2) is 42.5 Å². The summed E-state index contributed by atoms with van der Waals surface area (Å²) in [5, 5.41) is 10.6. The molecule has 0 amide bonds. The number of aryl methyl sites for hydroxylation is 2. The summed E-state index contributed by atoms with van der Waals surface area (Å²) < 4.78 is 7.82. The number of nitrogens with one attached hydrogen (secondary N) is 2. The van der Waals surface area contributed by atoms with E-state index in [1.54, 1.807) is 7.11 Å². The molecule has 1 heterocycles. The van der Waals surface area contributed by atoms with Gasteiger partial charge in [0, 0.05) is 11.8 Å². The van der Waals surface area contributed by atoms with Crippen LogP contribution in [-0.2, 0) is 6.54 Å². The Morgan fingerprint density at radius 3 is 2.83 bits per heavy atom. The number of rotatable bonds is 5. The lowest BCUT2D eigenvalue weighted by Gasteiger charge is -2.12. The largest absolute Gasteiger partial charge is 0.497 e. The molecule has 1 aromatic heterocycles. The minimum atomic E-state index is 0.549. The minimum absolute atomic E-state index is 0.549. The van der Waals surface area contributed by atoms with Gasteiger partial charge in [0.1, 0.15) is 5.75 Å². The molecule has 0 aliphatic carbocycles. The Labute approximate surface area is 146 Å². The normalized spacial score (nSPS) is 10.6. The van der Waals surface area contributed by atoms with Gasteiger partial charge < -0.3 is 10.1 Å². The Bertz CT molecular complexity index is 913. The second-order valence-corrected chi connectivity index (χ2v) is 6.04. The van der Waals surface area contributed by atoms with Crippen molar-refractivity contribution in [2.45, 2.75) is 20.4 Å². The number of aromatic nitrogens is 3. The molecule has 124 valence electrons. The van der Waals surface area contributed by atoms with Gasteiger partial charge in [0.25, 0.3) is 0 Å². The topological polar surface area (TPSA) is 54.9 Å². The zero-order chi connectivity index (χ0) is 17.1. The van der Waals surface area contributed by atoms with E-state index in [1.165, 1.54) is 5.56 Å². The highest BCUT2D eigenvalue weighted by Gasteiger charge is 2.11. The van der Waals surface area contributed by atoms with E-state index in [-0.39, 0.29) is 0 Å². The van der Waals surface area contributed by atoms with Crippen molar-refractivity contribution in [1.29, 1.82) is 0 Å². The lowest BCUT2D eigenvalue weighted by Crippen LogP contribution is -2.09. The highest BCUT2D eigenvalue weighted by Crippen LogP contribution is 2.20. The van der Waals surface area contributed by atoms with E-state index in [1.807, 2.05) is 28.8 Å². The van der Waals surface area contributed by atoms with Crippen molar-refractivity contribution < 1.29 is 4.74 Å². The zero-order valence-electron chi connectivity index (χ0n) is 14.0. The van der Waals surface area contributed by atoms with E-state index in [0.29, 0.717) is 11.3 Å². The van der Waals surface area contributed by atoms with Gasteiger partial charge in [-0.05, 0) is 55.4 Å². The van der Waals surface area contributed by atoms with Crippen molar-refractivity contribution in [3.63, 3.8) is 0 Å². The van der Waals surface area contributed by atoms with Gasteiger partial charge in [-0.15, -0.1) is 0 Å². The van der Waals surface area contributed by atoms with E-state index >= 15 is 0 Å². The number of benzene rings is 2. The summed E-state index contributed by atoms with van der Waals surface area (Å²) in [6.45, 7) is 4.69. The molecule has 3 aromatic rings. The van der Waals surface area contributed by atoms with Crippen LogP contribution in [0.4, 0.5) is 5.69 Å². The predicted molar refractivity (Wildman–Crippen MR) is 98.5 cm³/mol. The molecule has 0 bridgehead atoms. The summed E-state index contributed by atoms with van der Waals surface area (Å²) in [6, 6.07) is 14.1. The maximum absolute atomic E-state index is 5.43. The first-order valence-electron chi connectivity index (χ1n) is 7.70. The lowest BCUT2D eigenvalue weighted by atomic mass is 10.1. The number of methoxy groups -OCH3 is 1. The fourth-order valence-corrected chi connectivity index (χ4v) is 2.82.